The second-order valence-corrected chi connectivity index (χ2v) is 4.75. The van der Waals surface area contributed by atoms with E-state index < -0.39 is 0 Å². The maximum absolute atomic E-state index is 11.1. The Morgan fingerprint density at radius 1 is 1.41 bits per heavy atom. The lowest BCUT2D eigenvalue weighted by atomic mass is 10.1. The van der Waals surface area contributed by atoms with Crippen molar-refractivity contribution in [3.8, 4) is 0 Å². The van der Waals surface area contributed by atoms with Gasteiger partial charge in [0.2, 0.25) is 0 Å². The highest BCUT2D eigenvalue weighted by molar-refractivity contribution is 6.33. The largest absolute Gasteiger partial charge is 0.370 e. The maximum atomic E-state index is 11.1. The minimum absolute atomic E-state index is 0.589. The number of carbonyl (C=O) groups is 1. The lowest BCUT2D eigenvalue weighted by Gasteiger charge is -2.28. The Morgan fingerprint density at radius 3 is 2.65 bits per heavy atom. The molecule has 1 rings (SSSR count). The lowest BCUT2D eigenvalue weighted by Crippen LogP contribution is -2.29. The molecule has 94 valence electrons. The van der Waals surface area contributed by atoms with Crippen LogP contribution in [-0.2, 0) is 0 Å². The average Bonchev–Trinajstić information content (AvgIpc) is 2.35. The molecule has 0 fully saturated rings. The first-order valence-corrected chi connectivity index (χ1v) is 6.50. The molecule has 0 aliphatic carbocycles. The molecule has 0 aromatic heterocycles. The normalized spacial score (nSPS) is 12.2. The molecule has 0 bridgehead atoms. The van der Waals surface area contributed by atoms with Crippen LogP contribution in [-0.4, -0.2) is 19.4 Å². The Bertz CT molecular complexity index is 378. The van der Waals surface area contributed by atoms with Crippen LogP contribution in [0.4, 0.5) is 5.69 Å². The van der Waals surface area contributed by atoms with E-state index in [0.29, 0.717) is 16.5 Å². The van der Waals surface area contributed by atoms with Gasteiger partial charge in [-0.25, -0.2) is 0 Å². The molecule has 1 atom stereocenters. The summed E-state index contributed by atoms with van der Waals surface area (Å²) in [5, 5.41) is 0.653. The quantitative estimate of drug-likeness (QED) is 0.714. The zero-order chi connectivity index (χ0) is 12.8. The minimum Gasteiger partial charge on any atom is -0.370 e. The van der Waals surface area contributed by atoms with Crippen molar-refractivity contribution in [2.24, 2.45) is 5.92 Å². The molecular weight excluding hydrogens is 234 g/mol. The fourth-order valence-corrected chi connectivity index (χ4v) is 2.15. The van der Waals surface area contributed by atoms with Gasteiger partial charge in [-0.2, -0.15) is 0 Å². The first-order chi connectivity index (χ1) is 8.13. The van der Waals surface area contributed by atoms with E-state index in [4.69, 9.17) is 11.6 Å². The fraction of sp³-hybridized carbons (Fsp3) is 0.500. The number of anilines is 1. The van der Waals surface area contributed by atoms with E-state index in [9.17, 15) is 4.79 Å². The molecule has 0 saturated heterocycles. The second kappa shape index (κ2) is 6.65. The van der Waals surface area contributed by atoms with Gasteiger partial charge in [0, 0.05) is 18.7 Å². The van der Waals surface area contributed by atoms with E-state index in [1.807, 2.05) is 18.2 Å². The van der Waals surface area contributed by atoms with Crippen LogP contribution in [0.15, 0.2) is 18.2 Å². The summed E-state index contributed by atoms with van der Waals surface area (Å²) in [7, 11) is 0. The molecule has 0 N–H and O–H groups in total. The van der Waals surface area contributed by atoms with Crippen LogP contribution in [0.25, 0.3) is 0 Å². The van der Waals surface area contributed by atoms with Crippen molar-refractivity contribution in [2.75, 3.05) is 18.0 Å². The summed E-state index contributed by atoms with van der Waals surface area (Å²) in [6.45, 7) is 8.25. The van der Waals surface area contributed by atoms with Crippen molar-refractivity contribution >= 4 is 23.6 Å². The van der Waals surface area contributed by atoms with E-state index >= 15 is 0 Å². The van der Waals surface area contributed by atoms with Crippen molar-refractivity contribution in [1.82, 2.24) is 0 Å². The van der Waals surface area contributed by atoms with Gasteiger partial charge in [0.15, 0.2) is 6.29 Å². The predicted octanol–water partition coefficient (Wildman–Crippen LogP) is 4.02. The van der Waals surface area contributed by atoms with Crippen molar-refractivity contribution in [3.63, 3.8) is 0 Å². The third kappa shape index (κ3) is 3.47. The average molecular weight is 254 g/mol. The molecule has 0 spiro atoms. The highest BCUT2D eigenvalue weighted by atomic mass is 35.5. The van der Waals surface area contributed by atoms with Crippen LogP contribution in [0.2, 0.25) is 5.02 Å². The molecule has 0 radical (unpaired) electrons. The second-order valence-electron chi connectivity index (χ2n) is 4.35. The summed E-state index contributed by atoms with van der Waals surface area (Å²) in [4.78, 5) is 13.3. The van der Waals surface area contributed by atoms with E-state index in [-0.39, 0.29) is 0 Å². The zero-order valence-electron chi connectivity index (χ0n) is 10.7. The predicted molar refractivity (Wildman–Crippen MR) is 74.2 cm³/mol. The standard InChI is InChI=1S/C14H20ClNO/c1-4-11(3)9-16(5-2)14-12(10-17)7-6-8-13(14)15/h6-8,10-11H,4-5,9H2,1-3H3. The molecule has 0 saturated carbocycles. The van der Waals surface area contributed by atoms with Crippen molar-refractivity contribution < 1.29 is 4.79 Å². The van der Waals surface area contributed by atoms with Gasteiger partial charge >= 0.3 is 0 Å². The van der Waals surface area contributed by atoms with Crippen molar-refractivity contribution in [2.45, 2.75) is 27.2 Å². The summed E-state index contributed by atoms with van der Waals surface area (Å²) in [6.07, 6.45) is 2.00. The van der Waals surface area contributed by atoms with Crippen LogP contribution in [0.3, 0.4) is 0 Å². The number of halogens is 1. The van der Waals surface area contributed by atoms with E-state index in [1.165, 1.54) is 0 Å². The third-order valence-corrected chi connectivity index (χ3v) is 3.38. The number of nitrogens with zero attached hydrogens (tertiary/aromatic N) is 1. The van der Waals surface area contributed by atoms with Gasteiger partial charge in [0.25, 0.3) is 0 Å². The highest BCUT2D eigenvalue weighted by Gasteiger charge is 2.15. The molecule has 0 aliphatic rings. The number of benzene rings is 1. The number of rotatable bonds is 6. The molecule has 0 heterocycles. The summed E-state index contributed by atoms with van der Waals surface area (Å²) < 4.78 is 0. The highest BCUT2D eigenvalue weighted by Crippen LogP contribution is 2.29. The molecule has 0 amide bonds. The van der Waals surface area contributed by atoms with Gasteiger partial charge in [0.05, 0.1) is 10.7 Å². The Morgan fingerprint density at radius 2 is 2.12 bits per heavy atom. The topological polar surface area (TPSA) is 20.3 Å². The molecule has 0 aliphatic heterocycles. The monoisotopic (exact) mass is 253 g/mol. The van der Waals surface area contributed by atoms with Crippen LogP contribution in [0.1, 0.15) is 37.6 Å². The van der Waals surface area contributed by atoms with Gasteiger partial charge in [-0.05, 0) is 25.0 Å². The summed E-state index contributed by atoms with van der Waals surface area (Å²) in [5.41, 5.74) is 1.54. The van der Waals surface area contributed by atoms with Gasteiger partial charge < -0.3 is 4.90 Å². The first kappa shape index (κ1) is 14.0. The fourth-order valence-electron chi connectivity index (χ4n) is 1.84. The smallest absolute Gasteiger partial charge is 0.152 e. The summed E-state index contributed by atoms with van der Waals surface area (Å²) in [6, 6.07) is 5.46. The Balaban J connectivity index is 3.06. The van der Waals surface area contributed by atoms with Crippen molar-refractivity contribution in [3.05, 3.63) is 28.8 Å². The Hall–Kier alpha value is -1.02. The number of hydrogen-bond donors (Lipinski definition) is 0. The number of aldehydes is 1. The van der Waals surface area contributed by atoms with Crippen LogP contribution in [0, 0.1) is 5.92 Å². The molecule has 1 aromatic carbocycles. The molecule has 1 unspecified atom stereocenters. The molecule has 3 heteroatoms. The molecule has 17 heavy (non-hydrogen) atoms. The molecular formula is C14H20ClNO. The maximum Gasteiger partial charge on any atom is 0.152 e. The Kier molecular flexibility index (Phi) is 5.49. The SMILES string of the molecule is CCC(C)CN(CC)c1c(Cl)cccc1C=O. The number of para-hydroxylation sites is 1. The summed E-state index contributed by atoms with van der Waals surface area (Å²) >= 11 is 6.21. The van der Waals surface area contributed by atoms with E-state index in [1.54, 1.807) is 0 Å². The molecule has 2 nitrogen and oxygen atoms in total. The minimum atomic E-state index is 0.589. The first-order valence-electron chi connectivity index (χ1n) is 6.12. The lowest BCUT2D eigenvalue weighted by molar-refractivity contribution is 0.112. The third-order valence-electron chi connectivity index (χ3n) is 3.07. The van der Waals surface area contributed by atoms with Crippen LogP contribution < -0.4 is 4.90 Å². The molecule has 1 aromatic rings. The number of carbonyl (C=O) groups excluding carboxylic acids is 1. The van der Waals surface area contributed by atoms with Gasteiger partial charge in [0.1, 0.15) is 0 Å². The summed E-state index contributed by atoms with van der Waals surface area (Å²) in [5.74, 6) is 0.589. The van der Waals surface area contributed by atoms with E-state index in [2.05, 4.69) is 25.7 Å². The van der Waals surface area contributed by atoms with E-state index in [0.717, 1.165) is 31.5 Å². The van der Waals surface area contributed by atoms with Crippen molar-refractivity contribution in [1.29, 1.82) is 0 Å². The Labute approximate surface area is 109 Å². The van der Waals surface area contributed by atoms with Gasteiger partial charge in [-0.15, -0.1) is 0 Å². The van der Waals surface area contributed by atoms with Gasteiger partial charge in [-0.3, -0.25) is 4.79 Å². The number of hydrogen-bond acceptors (Lipinski definition) is 2. The zero-order valence-corrected chi connectivity index (χ0v) is 11.5. The van der Waals surface area contributed by atoms with Crippen LogP contribution in [0.5, 0.6) is 0 Å². The van der Waals surface area contributed by atoms with Gasteiger partial charge in [-0.1, -0.05) is 37.9 Å². The van der Waals surface area contributed by atoms with Crippen LogP contribution >= 0.6 is 11.6 Å².